The SMILES string of the molecule is CCC(CC)(NS(=O)(=O)c1cc2cc(OCCCl)c(OCCCl)cc2s1)O[P+](=O)O. The lowest BCUT2D eigenvalue weighted by atomic mass is 10.1. The molecule has 0 aliphatic rings. The number of hydrogen-bond donors (Lipinski definition) is 2. The van der Waals surface area contributed by atoms with Crippen molar-refractivity contribution in [1.29, 1.82) is 0 Å². The van der Waals surface area contributed by atoms with E-state index in [2.05, 4.69) is 4.72 Å². The molecule has 0 radical (unpaired) electrons. The van der Waals surface area contributed by atoms with E-state index in [1.54, 1.807) is 26.0 Å². The summed E-state index contributed by atoms with van der Waals surface area (Å²) in [7, 11) is -7.02. The highest BCUT2D eigenvalue weighted by Gasteiger charge is 2.41. The third-order valence-electron chi connectivity index (χ3n) is 4.21. The first-order valence-electron chi connectivity index (χ1n) is 9.04. The van der Waals surface area contributed by atoms with Crippen molar-refractivity contribution in [2.45, 2.75) is 36.6 Å². The largest absolute Gasteiger partial charge is 0.696 e. The van der Waals surface area contributed by atoms with Crippen LogP contribution in [0.5, 0.6) is 11.5 Å². The summed E-state index contributed by atoms with van der Waals surface area (Å²) in [6, 6.07) is 4.86. The lowest BCUT2D eigenvalue weighted by Crippen LogP contribution is -2.48. The molecule has 2 rings (SSSR count). The van der Waals surface area contributed by atoms with Crippen LogP contribution in [0.2, 0.25) is 0 Å². The molecular weight excluding hydrogens is 496 g/mol. The van der Waals surface area contributed by atoms with Gasteiger partial charge in [-0.3, -0.25) is 0 Å². The Balaban J connectivity index is 2.44. The van der Waals surface area contributed by atoms with Crippen molar-refractivity contribution in [1.82, 2.24) is 4.72 Å². The molecule has 2 N–H and O–H groups in total. The quantitative estimate of drug-likeness (QED) is 0.226. The Kier molecular flexibility index (Phi) is 9.57. The number of alkyl halides is 2. The third kappa shape index (κ3) is 6.40. The van der Waals surface area contributed by atoms with Crippen LogP contribution in [-0.4, -0.2) is 44.0 Å². The molecule has 1 aromatic heterocycles. The molecule has 30 heavy (non-hydrogen) atoms. The zero-order chi connectivity index (χ0) is 22.4. The number of sulfonamides is 1. The molecule has 0 aliphatic carbocycles. The summed E-state index contributed by atoms with van der Waals surface area (Å²) >= 11 is 12.4. The second-order valence-corrected chi connectivity index (χ2v) is 10.5. The molecule has 0 bridgehead atoms. The van der Waals surface area contributed by atoms with Gasteiger partial charge in [-0.05, 0) is 30.4 Å². The van der Waals surface area contributed by atoms with Gasteiger partial charge in [-0.2, -0.15) is 4.72 Å². The summed E-state index contributed by atoms with van der Waals surface area (Å²) in [5.74, 6) is 1.43. The Hall–Kier alpha value is -0.710. The lowest BCUT2D eigenvalue weighted by Gasteiger charge is -2.25. The maximum Gasteiger partial charge on any atom is 0.696 e. The number of nitrogens with one attached hydrogen (secondary N) is 1. The zero-order valence-electron chi connectivity index (χ0n) is 16.4. The smallest absolute Gasteiger partial charge is 0.488 e. The molecule has 8 nitrogen and oxygen atoms in total. The van der Waals surface area contributed by atoms with Crippen LogP contribution >= 0.6 is 42.8 Å². The van der Waals surface area contributed by atoms with E-state index in [1.165, 1.54) is 6.07 Å². The molecular formula is C17H23Cl2NO7PS2+. The van der Waals surface area contributed by atoms with E-state index in [9.17, 15) is 13.0 Å². The average molecular weight is 519 g/mol. The molecule has 0 fully saturated rings. The molecule has 2 aromatic rings. The van der Waals surface area contributed by atoms with E-state index in [-0.39, 0.29) is 42.0 Å². The van der Waals surface area contributed by atoms with Crippen molar-refractivity contribution in [3.8, 4) is 11.5 Å². The van der Waals surface area contributed by atoms with E-state index < -0.39 is 24.0 Å². The number of ether oxygens (including phenoxy) is 2. The van der Waals surface area contributed by atoms with Gasteiger partial charge in [0.05, 0.1) is 11.8 Å². The number of halogens is 2. The van der Waals surface area contributed by atoms with Crippen LogP contribution in [0, 0.1) is 0 Å². The Labute approximate surface area is 190 Å². The van der Waals surface area contributed by atoms with Gasteiger partial charge < -0.3 is 9.47 Å². The van der Waals surface area contributed by atoms with Crippen LogP contribution in [0.1, 0.15) is 26.7 Å². The van der Waals surface area contributed by atoms with Crippen molar-refractivity contribution in [2.75, 3.05) is 25.0 Å². The minimum atomic E-state index is -4.03. The minimum absolute atomic E-state index is 0.0262. The molecule has 1 atom stereocenters. The molecule has 1 heterocycles. The highest BCUT2D eigenvalue weighted by Crippen LogP contribution is 2.39. The van der Waals surface area contributed by atoms with Crippen LogP contribution in [0.15, 0.2) is 22.4 Å². The predicted octanol–water partition coefficient (Wildman–Crippen LogP) is 4.60. The zero-order valence-corrected chi connectivity index (χ0v) is 20.4. The normalized spacial score (nSPS) is 12.9. The van der Waals surface area contributed by atoms with Crippen LogP contribution < -0.4 is 14.2 Å². The molecule has 0 amide bonds. The van der Waals surface area contributed by atoms with Crippen molar-refractivity contribution < 1.29 is 31.9 Å². The van der Waals surface area contributed by atoms with Gasteiger partial charge in [-0.1, -0.05) is 18.4 Å². The first kappa shape index (κ1) is 25.5. The average Bonchev–Trinajstić information content (AvgIpc) is 3.13. The Morgan fingerprint density at radius 1 is 1.10 bits per heavy atom. The van der Waals surface area contributed by atoms with Gasteiger partial charge in [-0.25, -0.2) is 8.42 Å². The van der Waals surface area contributed by atoms with Gasteiger partial charge in [0.1, 0.15) is 17.4 Å². The fraction of sp³-hybridized carbons (Fsp3) is 0.529. The molecule has 168 valence electrons. The first-order valence-corrected chi connectivity index (χ1v) is 13.5. The van der Waals surface area contributed by atoms with E-state index in [0.29, 0.717) is 21.6 Å². The Morgan fingerprint density at radius 2 is 1.67 bits per heavy atom. The summed E-state index contributed by atoms with van der Waals surface area (Å²) in [4.78, 5) is 9.14. The first-order chi connectivity index (χ1) is 14.2. The topological polar surface area (TPSA) is 111 Å². The van der Waals surface area contributed by atoms with Crippen molar-refractivity contribution in [3.05, 3.63) is 18.2 Å². The lowest BCUT2D eigenvalue weighted by molar-refractivity contribution is 0.0455. The second kappa shape index (κ2) is 11.2. The molecule has 1 aromatic carbocycles. The number of thiophene rings is 1. The second-order valence-electron chi connectivity index (χ2n) is 6.11. The van der Waals surface area contributed by atoms with E-state index in [1.807, 2.05) is 0 Å². The van der Waals surface area contributed by atoms with Gasteiger partial charge in [0.25, 0.3) is 10.0 Å². The molecule has 0 aliphatic heterocycles. The van der Waals surface area contributed by atoms with Crippen molar-refractivity contribution >= 4 is 62.9 Å². The minimum Gasteiger partial charge on any atom is -0.488 e. The summed E-state index contributed by atoms with van der Waals surface area (Å²) in [5, 5.41) is 0.635. The van der Waals surface area contributed by atoms with Crippen molar-refractivity contribution in [3.63, 3.8) is 0 Å². The highest BCUT2D eigenvalue weighted by molar-refractivity contribution is 7.91. The summed E-state index contributed by atoms with van der Waals surface area (Å²) in [6.07, 6.45) is 0.337. The number of rotatable bonds is 13. The van der Waals surface area contributed by atoms with Crippen LogP contribution in [-0.2, 0) is 19.1 Å². The van der Waals surface area contributed by atoms with Crippen LogP contribution in [0.4, 0.5) is 0 Å². The molecule has 13 heteroatoms. The van der Waals surface area contributed by atoms with Gasteiger partial charge >= 0.3 is 8.25 Å². The van der Waals surface area contributed by atoms with Gasteiger partial charge in [-0.15, -0.1) is 39.4 Å². The van der Waals surface area contributed by atoms with Crippen LogP contribution in [0.25, 0.3) is 10.1 Å². The number of benzene rings is 1. The van der Waals surface area contributed by atoms with Gasteiger partial charge in [0.15, 0.2) is 17.2 Å². The summed E-state index contributed by atoms with van der Waals surface area (Å²) in [6.45, 7) is 3.84. The van der Waals surface area contributed by atoms with Gasteiger partial charge in [0.2, 0.25) is 0 Å². The maximum absolute atomic E-state index is 13.0. The predicted molar refractivity (Wildman–Crippen MR) is 119 cm³/mol. The highest BCUT2D eigenvalue weighted by atomic mass is 35.5. The fourth-order valence-corrected chi connectivity index (χ4v) is 6.32. The fourth-order valence-electron chi connectivity index (χ4n) is 2.66. The number of hydrogen-bond acceptors (Lipinski definition) is 7. The molecule has 1 unspecified atom stereocenters. The summed E-state index contributed by atoms with van der Waals surface area (Å²) < 4.78 is 56.5. The Bertz CT molecular complexity index is 935. The molecule has 0 saturated heterocycles. The van der Waals surface area contributed by atoms with Crippen molar-refractivity contribution in [2.24, 2.45) is 0 Å². The molecule has 0 saturated carbocycles. The standard InChI is InChI=1S/C17H22Cl2NO7PS2/c1-3-17(4-2,27-28(21)22)20-30(23,24)16-10-12-9-13(25-7-5-18)14(26-8-6-19)11-15(12)29-16/h9-11,20H,3-8H2,1-2H3/p+1. The van der Waals surface area contributed by atoms with Gasteiger partial charge in [0, 0.05) is 15.3 Å². The summed E-state index contributed by atoms with van der Waals surface area (Å²) in [5.41, 5.74) is -1.49. The Morgan fingerprint density at radius 3 is 2.17 bits per heavy atom. The van der Waals surface area contributed by atoms with E-state index in [4.69, 9.17) is 42.1 Å². The molecule has 0 spiro atoms. The number of fused-ring (bicyclic) bond motifs is 1. The van der Waals surface area contributed by atoms with E-state index >= 15 is 0 Å². The third-order valence-corrected chi connectivity index (χ3v) is 8.11. The maximum atomic E-state index is 13.0. The van der Waals surface area contributed by atoms with Crippen LogP contribution in [0.3, 0.4) is 0 Å². The monoisotopic (exact) mass is 518 g/mol. The van der Waals surface area contributed by atoms with E-state index in [0.717, 1.165) is 11.3 Å².